The topological polar surface area (TPSA) is 69.0 Å². The molecule has 1 N–H and O–H groups in total. The van der Waals surface area contributed by atoms with E-state index in [-0.39, 0.29) is 29.2 Å². The van der Waals surface area contributed by atoms with Crippen molar-refractivity contribution < 1.29 is 22.7 Å². The van der Waals surface area contributed by atoms with E-state index in [0.29, 0.717) is 24.4 Å². The molecular formula is C23H25F3N4O2. The lowest BCUT2D eigenvalue weighted by Gasteiger charge is -2.10. The molecule has 3 aromatic rings. The number of carbonyl (C=O) groups excluding carboxylic acids is 1. The molecule has 0 aliphatic rings. The number of rotatable bonds is 8. The van der Waals surface area contributed by atoms with Gasteiger partial charge in [-0.2, -0.15) is 18.2 Å². The summed E-state index contributed by atoms with van der Waals surface area (Å²) in [6, 6.07) is 11.8. The average molecular weight is 446 g/mol. The van der Waals surface area contributed by atoms with Gasteiger partial charge >= 0.3 is 12.2 Å². The van der Waals surface area contributed by atoms with Crippen molar-refractivity contribution in [2.45, 2.75) is 39.8 Å². The van der Waals surface area contributed by atoms with Crippen LogP contribution in [0.2, 0.25) is 0 Å². The number of nitrogens with one attached hydrogen (secondary N) is 1. The molecular weight excluding hydrogens is 421 g/mol. The molecule has 1 heterocycles. The average Bonchev–Trinajstić information content (AvgIpc) is 3.17. The summed E-state index contributed by atoms with van der Waals surface area (Å²) in [6.45, 7) is 6.22. The summed E-state index contributed by atoms with van der Waals surface area (Å²) in [5.41, 5.74) is 0.664. The lowest BCUT2D eigenvalue weighted by Crippen LogP contribution is -2.10. The minimum Gasteiger partial charge on any atom is -0.462 e. The molecule has 3 rings (SSSR count). The zero-order valence-electron chi connectivity index (χ0n) is 18.1. The molecule has 170 valence electrons. The Labute approximate surface area is 184 Å². The first-order chi connectivity index (χ1) is 15.2. The lowest BCUT2D eigenvalue weighted by molar-refractivity contribution is -0.137. The largest absolute Gasteiger partial charge is 0.462 e. The predicted molar refractivity (Wildman–Crippen MR) is 116 cm³/mol. The van der Waals surface area contributed by atoms with E-state index in [4.69, 9.17) is 4.74 Å². The molecule has 0 spiro atoms. The molecule has 2 aromatic carbocycles. The molecule has 0 atom stereocenters. The highest BCUT2D eigenvalue weighted by molar-refractivity contribution is 5.90. The number of halogens is 3. The standard InChI is InChI=1S/C23H25F3N4O2/c1-4-6-20(31)27-18-9-11-19(12-10-18)30-21(28-22(29-30)32-14-15(2)3)16-7-5-8-17(13-16)23(24,25)26/h5,7-13,15H,4,6,14H2,1-3H3,(H,27,31). The number of carbonyl (C=O) groups is 1. The zero-order valence-corrected chi connectivity index (χ0v) is 18.1. The highest BCUT2D eigenvalue weighted by atomic mass is 19.4. The van der Waals surface area contributed by atoms with Crippen molar-refractivity contribution in [2.75, 3.05) is 11.9 Å². The summed E-state index contributed by atoms with van der Waals surface area (Å²) in [5, 5.41) is 7.15. The maximum absolute atomic E-state index is 13.2. The Balaban J connectivity index is 1.98. The molecule has 32 heavy (non-hydrogen) atoms. The normalized spacial score (nSPS) is 11.6. The second kappa shape index (κ2) is 9.84. The van der Waals surface area contributed by atoms with Crippen LogP contribution < -0.4 is 10.1 Å². The molecule has 6 nitrogen and oxygen atoms in total. The van der Waals surface area contributed by atoms with Crippen LogP contribution in [0.15, 0.2) is 48.5 Å². The van der Waals surface area contributed by atoms with Crippen molar-refractivity contribution >= 4 is 11.6 Å². The monoisotopic (exact) mass is 446 g/mol. The zero-order chi connectivity index (χ0) is 23.3. The van der Waals surface area contributed by atoms with Crippen LogP contribution in [-0.4, -0.2) is 27.3 Å². The molecule has 1 aromatic heterocycles. The molecule has 0 radical (unpaired) electrons. The Kier molecular flexibility index (Phi) is 7.17. The summed E-state index contributed by atoms with van der Waals surface area (Å²) in [4.78, 5) is 16.1. The predicted octanol–water partition coefficient (Wildman–Crippen LogP) is 5.73. The Morgan fingerprint density at radius 1 is 1.16 bits per heavy atom. The van der Waals surface area contributed by atoms with E-state index in [1.165, 1.54) is 10.7 Å². The molecule has 0 aliphatic carbocycles. The van der Waals surface area contributed by atoms with E-state index in [2.05, 4.69) is 15.4 Å². The van der Waals surface area contributed by atoms with Gasteiger partial charge in [0.25, 0.3) is 0 Å². The van der Waals surface area contributed by atoms with Gasteiger partial charge in [0.2, 0.25) is 5.91 Å². The highest BCUT2D eigenvalue weighted by Gasteiger charge is 2.31. The Morgan fingerprint density at radius 3 is 2.50 bits per heavy atom. The third kappa shape index (κ3) is 5.87. The molecule has 9 heteroatoms. The molecule has 0 unspecified atom stereocenters. The minimum absolute atomic E-state index is 0.0754. The van der Waals surface area contributed by atoms with Crippen molar-refractivity contribution in [1.29, 1.82) is 0 Å². The third-order valence-corrected chi connectivity index (χ3v) is 4.45. The van der Waals surface area contributed by atoms with Gasteiger partial charge in [-0.05, 0) is 48.7 Å². The number of aromatic nitrogens is 3. The fourth-order valence-electron chi connectivity index (χ4n) is 2.93. The van der Waals surface area contributed by atoms with Gasteiger partial charge in [0.05, 0.1) is 17.9 Å². The number of anilines is 1. The first-order valence-electron chi connectivity index (χ1n) is 10.3. The molecule has 0 fully saturated rings. The summed E-state index contributed by atoms with van der Waals surface area (Å²) >= 11 is 0. The fraction of sp³-hybridized carbons (Fsp3) is 0.348. The second-order valence-electron chi connectivity index (χ2n) is 7.76. The van der Waals surface area contributed by atoms with Crippen LogP contribution in [0.1, 0.15) is 39.2 Å². The van der Waals surface area contributed by atoms with E-state index in [0.717, 1.165) is 18.6 Å². The van der Waals surface area contributed by atoms with Gasteiger partial charge in [0.15, 0.2) is 5.82 Å². The molecule has 0 saturated heterocycles. The second-order valence-corrected chi connectivity index (χ2v) is 7.76. The Hall–Kier alpha value is -3.36. The Morgan fingerprint density at radius 2 is 1.88 bits per heavy atom. The van der Waals surface area contributed by atoms with E-state index >= 15 is 0 Å². The van der Waals surface area contributed by atoms with Crippen molar-refractivity contribution in [3.8, 4) is 23.1 Å². The highest BCUT2D eigenvalue weighted by Crippen LogP contribution is 2.33. The van der Waals surface area contributed by atoms with E-state index in [1.54, 1.807) is 30.3 Å². The number of amides is 1. The van der Waals surface area contributed by atoms with Gasteiger partial charge < -0.3 is 10.1 Å². The van der Waals surface area contributed by atoms with Gasteiger partial charge in [0.1, 0.15) is 0 Å². The van der Waals surface area contributed by atoms with Gasteiger partial charge in [-0.15, -0.1) is 5.10 Å². The summed E-state index contributed by atoms with van der Waals surface area (Å²) in [5.74, 6) is 0.359. The number of ether oxygens (including phenoxy) is 1. The van der Waals surface area contributed by atoms with E-state index in [9.17, 15) is 18.0 Å². The Bertz CT molecular complexity index is 1060. The summed E-state index contributed by atoms with van der Waals surface area (Å²) in [7, 11) is 0. The molecule has 0 bridgehead atoms. The number of hydrogen-bond acceptors (Lipinski definition) is 4. The molecule has 1 amide bonds. The van der Waals surface area contributed by atoms with Crippen molar-refractivity contribution in [3.63, 3.8) is 0 Å². The van der Waals surface area contributed by atoms with E-state index < -0.39 is 11.7 Å². The van der Waals surface area contributed by atoms with Crippen molar-refractivity contribution in [3.05, 3.63) is 54.1 Å². The van der Waals surface area contributed by atoms with Crippen LogP contribution in [0.25, 0.3) is 17.1 Å². The first-order valence-corrected chi connectivity index (χ1v) is 10.3. The van der Waals surface area contributed by atoms with Gasteiger partial charge in [-0.3, -0.25) is 4.79 Å². The van der Waals surface area contributed by atoms with Gasteiger partial charge in [-0.1, -0.05) is 32.9 Å². The smallest absolute Gasteiger partial charge is 0.416 e. The van der Waals surface area contributed by atoms with Crippen LogP contribution in [0.5, 0.6) is 6.01 Å². The summed E-state index contributed by atoms with van der Waals surface area (Å²) in [6.07, 6.45) is -3.32. The van der Waals surface area contributed by atoms with Crippen LogP contribution >= 0.6 is 0 Å². The maximum Gasteiger partial charge on any atom is 0.416 e. The van der Waals surface area contributed by atoms with Crippen LogP contribution in [0, 0.1) is 5.92 Å². The van der Waals surface area contributed by atoms with Gasteiger partial charge in [-0.25, -0.2) is 4.68 Å². The third-order valence-electron chi connectivity index (χ3n) is 4.45. The fourth-order valence-corrected chi connectivity index (χ4v) is 2.93. The van der Waals surface area contributed by atoms with Crippen LogP contribution in [-0.2, 0) is 11.0 Å². The number of benzene rings is 2. The van der Waals surface area contributed by atoms with Gasteiger partial charge in [0, 0.05) is 17.7 Å². The molecule has 0 saturated carbocycles. The lowest BCUT2D eigenvalue weighted by atomic mass is 10.1. The minimum atomic E-state index is -4.48. The molecule has 0 aliphatic heterocycles. The van der Waals surface area contributed by atoms with E-state index in [1.807, 2.05) is 20.8 Å². The maximum atomic E-state index is 13.2. The van der Waals surface area contributed by atoms with Crippen LogP contribution in [0.4, 0.5) is 18.9 Å². The number of alkyl halides is 3. The quantitative estimate of drug-likeness (QED) is 0.480. The number of nitrogens with zero attached hydrogens (tertiary/aromatic N) is 3. The van der Waals surface area contributed by atoms with Crippen LogP contribution in [0.3, 0.4) is 0 Å². The SMILES string of the molecule is CCCC(=O)Nc1ccc(-n2nc(OCC(C)C)nc2-c2cccc(C(F)(F)F)c2)cc1. The first kappa shape index (κ1) is 23.3. The summed E-state index contributed by atoms with van der Waals surface area (Å²) < 4.78 is 46.7. The van der Waals surface area contributed by atoms with Crippen molar-refractivity contribution in [2.24, 2.45) is 5.92 Å². The van der Waals surface area contributed by atoms with Crippen molar-refractivity contribution in [1.82, 2.24) is 14.8 Å². The number of hydrogen-bond donors (Lipinski definition) is 1.